The standard InChI is InChI=1S/C16H26N2O3/c1-12(2)18(11-13(3)19)16(20)17-10-15(21-4)14-8-6-5-7-9-14/h5-9,12-13,15,19H,10-11H2,1-4H3,(H,17,20). The fraction of sp³-hybridized carbons (Fsp3) is 0.562. The number of ether oxygens (including phenoxy) is 1. The van der Waals surface area contributed by atoms with Gasteiger partial charge in [-0.2, -0.15) is 0 Å². The zero-order chi connectivity index (χ0) is 15.8. The second kappa shape index (κ2) is 8.64. The van der Waals surface area contributed by atoms with Crippen molar-refractivity contribution in [2.45, 2.75) is 39.0 Å². The molecule has 21 heavy (non-hydrogen) atoms. The Morgan fingerprint density at radius 1 is 1.29 bits per heavy atom. The number of aliphatic hydroxyl groups is 1. The minimum Gasteiger partial charge on any atom is -0.392 e. The number of hydrogen-bond donors (Lipinski definition) is 2. The van der Waals surface area contributed by atoms with Gasteiger partial charge in [0, 0.05) is 26.2 Å². The topological polar surface area (TPSA) is 61.8 Å². The van der Waals surface area contributed by atoms with Crippen molar-refractivity contribution in [1.29, 1.82) is 0 Å². The molecule has 0 heterocycles. The average molecular weight is 294 g/mol. The van der Waals surface area contributed by atoms with Crippen molar-refractivity contribution >= 4 is 6.03 Å². The third-order valence-corrected chi connectivity index (χ3v) is 3.24. The lowest BCUT2D eigenvalue weighted by Gasteiger charge is -2.29. The molecule has 0 aliphatic rings. The quantitative estimate of drug-likeness (QED) is 0.810. The van der Waals surface area contributed by atoms with Crippen LogP contribution in [0.4, 0.5) is 4.79 Å². The molecule has 0 aliphatic heterocycles. The Morgan fingerprint density at radius 3 is 2.38 bits per heavy atom. The van der Waals surface area contributed by atoms with Crippen LogP contribution in [0.25, 0.3) is 0 Å². The van der Waals surface area contributed by atoms with Gasteiger partial charge in [0.2, 0.25) is 0 Å². The minimum atomic E-state index is -0.550. The number of urea groups is 1. The third-order valence-electron chi connectivity index (χ3n) is 3.24. The predicted molar refractivity (Wildman–Crippen MR) is 83.1 cm³/mol. The maximum absolute atomic E-state index is 12.2. The molecule has 1 aromatic rings. The summed E-state index contributed by atoms with van der Waals surface area (Å²) >= 11 is 0. The summed E-state index contributed by atoms with van der Waals surface area (Å²) in [5.74, 6) is 0. The first-order valence-corrected chi connectivity index (χ1v) is 7.26. The second-order valence-corrected chi connectivity index (χ2v) is 5.42. The number of methoxy groups -OCH3 is 1. The molecule has 0 bridgehead atoms. The first kappa shape index (κ1) is 17.5. The Balaban J connectivity index is 2.60. The average Bonchev–Trinajstić information content (AvgIpc) is 2.46. The first-order valence-electron chi connectivity index (χ1n) is 7.26. The number of carbonyl (C=O) groups is 1. The van der Waals surface area contributed by atoms with E-state index in [1.165, 1.54) is 0 Å². The summed E-state index contributed by atoms with van der Waals surface area (Å²) in [6.07, 6.45) is -0.735. The summed E-state index contributed by atoms with van der Waals surface area (Å²) in [5, 5.41) is 12.3. The molecule has 2 N–H and O–H groups in total. The molecule has 1 aromatic carbocycles. The van der Waals surface area contributed by atoms with Gasteiger partial charge in [-0.1, -0.05) is 30.3 Å². The molecule has 0 spiro atoms. The monoisotopic (exact) mass is 294 g/mol. The third kappa shape index (κ3) is 5.73. The van der Waals surface area contributed by atoms with Gasteiger partial charge in [-0.25, -0.2) is 4.79 Å². The molecular weight excluding hydrogens is 268 g/mol. The number of amides is 2. The van der Waals surface area contributed by atoms with Crippen LogP contribution in [0.1, 0.15) is 32.4 Å². The Kier molecular flexibility index (Phi) is 7.19. The molecule has 2 atom stereocenters. The summed E-state index contributed by atoms with van der Waals surface area (Å²) in [4.78, 5) is 13.8. The lowest BCUT2D eigenvalue weighted by Crippen LogP contribution is -2.47. The lowest BCUT2D eigenvalue weighted by atomic mass is 10.1. The summed E-state index contributed by atoms with van der Waals surface area (Å²) in [6.45, 7) is 6.22. The van der Waals surface area contributed by atoms with Crippen LogP contribution < -0.4 is 5.32 Å². The normalized spacial score (nSPS) is 13.8. The van der Waals surface area contributed by atoms with Gasteiger partial charge < -0.3 is 20.1 Å². The summed E-state index contributed by atoms with van der Waals surface area (Å²) < 4.78 is 5.43. The van der Waals surface area contributed by atoms with Crippen molar-refractivity contribution < 1.29 is 14.6 Å². The predicted octanol–water partition coefficient (Wildman–Crippen LogP) is 2.17. The van der Waals surface area contributed by atoms with Crippen LogP contribution in [0.15, 0.2) is 30.3 Å². The highest BCUT2D eigenvalue weighted by Crippen LogP contribution is 2.15. The van der Waals surface area contributed by atoms with Crippen LogP contribution in [0.3, 0.4) is 0 Å². The fourth-order valence-electron chi connectivity index (χ4n) is 2.10. The molecule has 0 fully saturated rings. The van der Waals surface area contributed by atoms with Gasteiger partial charge in [-0.15, -0.1) is 0 Å². The van der Waals surface area contributed by atoms with Gasteiger partial charge >= 0.3 is 6.03 Å². The Bertz CT molecular complexity index is 421. The zero-order valence-corrected chi connectivity index (χ0v) is 13.2. The number of nitrogens with zero attached hydrogens (tertiary/aromatic N) is 1. The molecule has 0 saturated carbocycles. The van der Waals surface area contributed by atoms with Gasteiger partial charge in [0.05, 0.1) is 12.2 Å². The van der Waals surface area contributed by atoms with E-state index in [1.807, 2.05) is 44.2 Å². The highest BCUT2D eigenvalue weighted by Gasteiger charge is 2.20. The van der Waals surface area contributed by atoms with E-state index in [-0.39, 0.29) is 18.2 Å². The smallest absolute Gasteiger partial charge is 0.317 e. The molecule has 0 aromatic heterocycles. The van der Waals surface area contributed by atoms with E-state index >= 15 is 0 Å². The van der Waals surface area contributed by atoms with Crippen molar-refractivity contribution in [2.24, 2.45) is 0 Å². The molecule has 0 radical (unpaired) electrons. The molecular formula is C16H26N2O3. The summed E-state index contributed by atoms with van der Waals surface area (Å²) in [7, 11) is 1.62. The summed E-state index contributed by atoms with van der Waals surface area (Å²) in [5.41, 5.74) is 1.02. The largest absolute Gasteiger partial charge is 0.392 e. The maximum Gasteiger partial charge on any atom is 0.317 e. The number of nitrogens with one attached hydrogen (secondary N) is 1. The molecule has 0 saturated heterocycles. The highest BCUT2D eigenvalue weighted by molar-refractivity contribution is 5.74. The van der Waals surface area contributed by atoms with E-state index in [9.17, 15) is 9.90 Å². The summed E-state index contributed by atoms with van der Waals surface area (Å²) in [6, 6.07) is 9.60. The molecule has 1 rings (SSSR count). The van der Waals surface area contributed by atoms with Crippen LogP contribution >= 0.6 is 0 Å². The van der Waals surface area contributed by atoms with Gasteiger partial charge in [0.15, 0.2) is 0 Å². The van der Waals surface area contributed by atoms with Crippen molar-refractivity contribution in [3.8, 4) is 0 Å². The maximum atomic E-state index is 12.2. The number of benzene rings is 1. The highest BCUT2D eigenvalue weighted by atomic mass is 16.5. The van der Waals surface area contributed by atoms with E-state index < -0.39 is 6.10 Å². The zero-order valence-electron chi connectivity index (χ0n) is 13.2. The fourth-order valence-corrected chi connectivity index (χ4v) is 2.10. The van der Waals surface area contributed by atoms with E-state index in [2.05, 4.69) is 5.32 Å². The molecule has 5 nitrogen and oxygen atoms in total. The van der Waals surface area contributed by atoms with Crippen molar-refractivity contribution in [2.75, 3.05) is 20.2 Å². The molecule has 2 amide bonds. The van der Waals surface area contributed by atoms with Gasteiger partial charge in [-0.05, 0) is 26.3 Å². The first-order chi connectivity index (χ1) is 9.95. The van der Waals surface area contributed by atoms with Crippen molar-refractivity contribution in [3.05, 3.63) is 35.9 Å². The Labute approximate surface area is 126 Å². The number of rotatable bonds is 7. The van der Waals surface area contributed by atoms with Crippen LogP contribution in [0.5, 0.6) is 0 Å². The van der Waals surface area contributed by atoms with Crippen LogP contribution in [0.2, 0.25) is 0 Å². The van der Waals surface area contributed by atoms with Crippen LogP contribution in [0, 0.1) is 0 Å². The lowest BCUT2D eigenvalue weighted by molar-refractivity contribution is 0.0942. The van der Waals surface area contributed by atoms with Gasteiger partial charge in [-0.3, -0.25) is 0 Å². The van der Waals surface area contributed by atoms with E-state index in [4.69, 9.17) is 4.74 Å². The van der Waals surface area contributed by atoms with E-state index in [0.717, 1.165) is 5.56 Å². The SMILES string of the molecule is COC(CNC(=O)N(CC(C)O)C(C)C)c1ccccc1. The molecule has 5 heteroatoms. The number of hydrogen-bond acceptors (Lipinski definition) is 3. The molecule has 0 aliphatic carbocycles. The van der Waals surface area contributed by atoms with Gasteiger partial charge in [0.1, 0.15) is 0 Å². The number of carbonyl (C=O) groups excluding carboxylic acids is 1. The molecule has 2 unspecified atom stereocenters. The number of aliphatic hydroxyl groups excluding tert-OH is 1. The van der Waals surface area contributed by atoms with E-state index in [0.29, 0.717) is 13.1 Å². The van der Waals surface area contributed by atoms with E-state index in [1.54, 1.807) is 18.9 Å². The Hall–Kier alpha value is -1.59. The Morgan fingerprint density at radius 2 is 1.90 bits per heavy atom. The minimum absolute atomic E-state index is 0.0253. The second-order valence-electron chi connectivity index (χ2n) is 5.42. The van der Waals surface area contributed by atoms with Crippen LogP contribution in [-0.4, -0.2) is 48.4 Å². The van der Waals surface area contributed by atoms with Crippen molar-refractivity contribution in [3.63, 3.8) is 0 Å². The molecule has 118 valence electrons. The van der Waals surface area contributed by atoms with Crippen LogP contribution in [-0.2, 0) is 4.74 Å². The van der Waals surface area contributed by atoms with Crippen molar-refractivity contribution in [1.82, 2.24) is 10.2 Å². The van der Waals surface area contributed by atoms with Gasteiger partial charge in [0.25, 0.3) is 0 Å².